The van der Waals surface area contributed by atoms with Crippen LogP contribution in [0, 0.1) is 23.0 Å². The van der Waals surface area contributed by atoms with Crippen LogP contribution < -0.4 is 5.32 Å². The smallest absolute Gasteiger partial charge is 0.273 e. The lowest BCUT2D eigenvalue weighted by molar-refractivity contribution is -0.385. The number of nitro groups is 1. The Kier molecular flexibility index (Phi) is 5.43. The van der Waals surface area contributed by atoms with Crippen molar-refractivity contribution in [1.82, 2.24) is 5.32 Å². The number of hydrogen-bond donors (Lipinski definition) is 2. The molecule has 0 heterocycles. The number of nitrogens with zero attached hydrogens (tertiary/aromatic N) is 1. The number of nitro benzene ring substituents is 1. The Morgan fingerprint density at radius 3 is 2.62 bits per heavy atom. The van der Waals surface area contributed by atoms with Gasteiger partial charge in [0.2, 0.25) is 0 Å². The van der Waals surface area contributed by atoms with Crippen molar-refractivity contribution in [3.05, 3.63) is 39.4 Å². The summed E-state index contributed by atoms with van der Waals surface area (Å²) in [5.41, 5.74) is -0.511. The zero-order chi connectivity index (χ0) is 16.2. The van der Waals surface area contributed by atoms with Gasteiger partial charge in [-0.05, 0) is 32.3 Å². The molecule has 0 saturated carbocycles. The molecule has 0 bridgehead atoms. The number of carbonyl (C=O) groups is 1. The minimum absolute atomic E-state index is 0.0865. The van der Waals surface area contributed by atoms with Crippen LogP contribution in [0.5, 0.6) is 0 Å². The normalized spacial score (nSPS) is 13.8. The molecule has 1 aromatic rings. The third-order valence-corrected chi connectivity index (χ3v) is 3.22. The maximum absolute atomic E-state index is 12.1. The van der Waals surface area contributed by atoms with Gasteiger partial charge in [-0.25, -0.2) is 0 Å². The van der Waals surface area contributed by atoms with E-state index in [0.29, 0.717) is 17.9 Å². The second-order valence-electron chi connectivity index (χ2n) is 5.98. The standard InChI is InChI=1S/C15H22N2O4/c1-10(2)8-15(4,19)9-16-14(18)12-6-5-7-13(11(12)3)17(20)21/h5-7,10,19H,8-9H2,1-4H3,(H,16,18). The van der Waals surface area contributed by atoms with E-state index in [-0.39, 0.29) is 17.8 Å². The van der Waals surface area contributed by atoms with E-state index in [1.54, 1.807) is 13.8 Å². The van der Waals surface area contributed by atoms with E-state index >= 15 is 0 Å². The topological polar surface area (TPSA) is 92.5 Å². The van der Waals surface area contributed by atoms with E-state index in [1.807, 2.05) is 13.8 Å². The van der Waals surface area contributed by atoms with Crippen molar-refractivity contribution in [3.8, 4) is 0 Å². The highest BCUT2D eigenvalue weighted by Crippen LogP contribution is 2.21. The van der Waals surface area contributed by atoms with Gasteiger partial charge in [-0.3, -0.25) is 14.9 Å². The van der Waals surface area contributed by atoms with Crippen molar-refractivity contribution in [3.63, 3.8) is 0 Å². The number of carbonyl (C=O) groups excluding carboxylic acids is 1. The minimum atomic E-state index is -1.00. The summed E-state index contributed by atoms with van der Waals surface area (Å²) in [6.07, 6.45) is 0.557. The Hall–Kier alpha value is -1.95. The number of rotatable bonds is 6. The second-order valence-corrected chi connectivity index (χ2v) is 5.98. The van der Waals surface area contributed by atoms with Crippen LogP contribution in [0.4, 0.5) is 5.69 Å². The average molecular weight is 294 g/mol. The maximum atomic E-state index is 12.1. The fourth-order valence-corrected chi connectivity index (χ4v) is 2.38. The molecule has 6 nitrogen and oxygen atoms in total. The molecule has 2 N–H and O–H groups in total. The monoisotopic (exact) mass is 294 g/mol. The van der Waals surface area contributed by atoms with Crippen LogP contribution in [0.15, 0.2) is 18.2 Å². The highest BCUT2D eigenvalue weighted by molar-refractivity contribution is 5.96. The van der Waals surface area contributed by atoms with E-state index in [2.05, 4.69) is 5.32 Å². The molecule has 1 amide bonds. The van der Waals surface area contributed by atoms with Crippen molar-refractivity contribution in [2.24, 2.45) is 5.92 Å². The van der Waals surface area contributed by atoms with Crippen molar-refractivity contribution >= 4 is 11.6 Å². The Labute approximate surface area is 124 Å². The molecule has 0 aromatic heterocycles. The summed E-state index contributed by atoms with van der Waals surface area (Å²) < 4.78 is 0. The van der Waals surface area contributed by atoms with E-state index < -0.39 is 16.4 Å². The van der Waals surface area contributed by atoms with E-state index in [0.717, 1.165) is 0 Å². The average Bonchev–Trinajstić information content (AvgIpc) is 2.34. The number of benzene rings is 1. The van der Waals surface area contributed by atoms with Crippen molar-refractivity contribution in [2.75, 3.05) is 6.54 Å². The SMILES string of the molecule is Cc1c(C(=O)NCC(C)(O)CC(C)C)cccc1[N+](=O)[O-]. The van der Waals surface area contributed by atoms with Gasteiger partial charge in [0.25, 0.3) is 11.6 Å². The zero-order valence-corrected chi connectivity index (χ0v) is 12.8. The van der Waals surface area contributed by atoms with Gasteiger partial charge in [-0.1, -0.05) is 19.9 Å². The first-order valence-electron chi connectivity index (χ1n) is 6.88. The highest BCUT2D eigenvalue weighted by atomic mass is 16.6. The van der Waals surface area contributed by atoms with Crippen LogP contribution in [0.25, 0.3) is 0 Å². The summed E-state index contributed by atoms with van der Waals surface area (Å²) in [5.74, 6) is -0.114. The van der Waals surface area contributed by atoms with Gasteiger partial charge >= 0.3 is 0 Å². The minimum Gasteiger partial charge on any atom is -0.388 e. The highest BCUT2D eigenvalue weighted by Gasteiger charge is 2.24. The third-order valence-electron chi connectivity index (χ3n) is 3.22. The maximum Gasteiger partial charge on any atom is 0.273 e. The number of aliphatic hydroxyl groups is 1. The molecule has 0 spiro atoms. The second kappa shape index (κ2) is 6.67. The molecule has 0 aliphatic rings. The lowest BCUT2D eigenvalue weighted by Gasteiger charge is -2.25. The Morgan fingerprint density at radius 2 is 2.10 bits per heavy atom. The van der Waals surface area contributed by atoms with Crippen molar-refractivity contribution in [2.45, 2.75) is 39.7 Å². The van der Waals surface area contributed by atoms with Gasteiger partial charge in [0.1, 0.15) is 0 Å². The summed E-state index contributed by atoms with van der Waals surface area (Å²) in [7, 11) is 0. The molecule has 1 rings (SSSR count). The molecule has 0 saturated heterocycles. The first kappa shape index (κ1) is 17.1. The Morgan fingerprint density at radius 1 is 1.48 bits per heavy atom. The lowest BCUT2D eigenvalue weighted by Crippen LogP contribution is -2.41. The molecule has 0 aliphatic heterocycles. The van der Waals surface area contributed by atoms with Crippen LogP contribution in [0.2, 0.25) is 0 Å². The zero-order valence-electron chi connectivity index (χ0n) is 12.8. The van der Waals surface area contributed by atoms with Gasteiger partial charge in [0.05, 0.1) is 10.5 Å². The molecule has 0 fully saturated rings. The molecule has 116 valence electrons. The van der Waals surface area contributed by atoms with Gasteiger partial charge in [-0.2, -0.15) is 0 Å². The molecule has 1 atom stereocenters. The number of amides is 1. The predicted molar refractivity (Wildman–Crippen MR) is 80.2 cm³/mol. The molecule has 0 radical (unpaired) electrons. The molecule has 21 heavy (non-hydrogen) atoms. The van der Waals surface area contributed by atoms with Gasteiger partial charge in [0, 0.05) is 23.7 Å². The van der Waals surface area contributed by atoms with E-state index in [4.69, 9.17) is 0 Å². The molecule has 1 unspecified atom stereocenters. The molecule has 0 aliphatic carbocycles. The quantitative estimate of drug-likeness (QED) is 0.622. The van der Waals surface area contributed by atoms with Crippen LogP contribution in [0.1, 0.15) is 43.1 Å². The molecule has 6 heteroatoms. The Balaban J connectivity index is 2.82. The van der Waals surface area contributed by atoms with Crippen LogP contribution in [-0.2, 0) is 0 Å². The summed E-state index contributed by atoms with van der Waals surface area (Å²) in [6.45, 7) is 7.28. The third kappa shape index (κ3) is 4.82. The van der Waals surface area contributed by atoms with E-state index in [1.165, 1.54) is 18.2 Å². The van der Waals surface area contributed by atoms with Crippen LogP contribution >= 0.6 is 0 Å². The number of hydrogen-bond acceptors (Lipinski definition) is 4. The molecular formula is C15H22N2O4. The first-order chi connectivity index (χ1) is 9.64. The van der Waals surface area contributed by atoms with Gasteiger partial charge in [0.15, 0.2) is 0 Å². The summed E-state index contributed by atoms with van der Waals surface area (Å²) in [5, 5.41) is 23.7. The summed E-state index contributed by atoms with van der Waals surface area (Å²) >= 11 is 0. The lowest BCUT2D eigenvalue weighted by atomic mass is 9.94. The Bertz CT molecular complexity index is 538. The first-order valence-corrected chi connectivity index (χ1v) is 6.88. The van der Waals surface area contributed by atoms with Crippen LogP contribution in [-0.4, -0.2) is 28.1 Å². The number of nitrogens with one attached hydrogen (secondary N) is 1. The van der Waals surface area contributed by atoms with Gasteiger partial charge in [-0.15, -0.1) is 0 Å². The fraction of sp³-hybridized carbons (Fsp3) is 0.533. The summed E-state index contributed by atoms with van der Waals surface area (Å²) in [6, 6.07) is 4.38. The largest absolute Gasteiger partial charge is 0.388 e. The molecule has 1 aromatic carbocycles. The van der Waals surface area contributed by atoms with Gasteiger partial charge < -0.3 is 10.4 Å². The molecular weight excluding hydrogens is 272 g/mol. The summed E-state index contributed by atoms with van der Waals surface area (Å²) in [4.78, 5) is 22.5. The van der Waals surface area contributed by atoms with E-state index in [9.17, 15) is 20.0 Å². The van der Waals surface area contributed by atoms with Crippen LogP contribution in [0.3, 0.4) is 0 Å². The van der Waals surface area contributed by atoms with Crippen molar-refractivity contribution < 1.29 is 14.8 Å². The van der Waals surface area contributed by atoms with Crippen molar-refractivity contribution in [1.29, 1.82) is 0 Å². The fourth-order valence-electron chi connectivity index (χ4n) is 2.38. The predicted octanol–water partition coefficient (Wildman–Crippen LogP) is 2.43.